The van der Waals surface area contributed by atoms with E-state index in [1.54, 1.807) is 18.2 Å². The van der Waals surface area contributed by atoms with Crippen LogP contribution in [0, 0.1) is 0 Å². The Morgan fingerprint density at radius 3 is 2.26 bits per heavy atom. The predicted molar refractivity (Wildman–Crippen MR) is 84.4 cm³/mol. The first-order valence-corrected chi connectivity index (χ1v) is 7.21. The smallest absolute Gasteiger partial charge is 0.157 e. The summed E-state index contributed by atoms with van der Waals surface area (Å²) in [7, 11) is 0. The summed E-state index contributed by atoms with van der Waals surface area (Å²) in [6.07, 6.45) is 0. The molecule has 2 aromatic carbocycles. The normalized spacial score (nSPS) is 10.5. The van der Waals surface area contributed by atoms with Crippen molar-refractivity contribution >= 4 is 56.4 Å². The molecule has 0 bridgehead atoms. The number of halogens is 4. The number of rotatable bonds is 3. The average Bonchev–Trinajstić information content (AvgIpc) is 2.30. The summed E-state index contributed by atoms with van der Waals surface area (Å²) in [6, 6.07) is 8.65. The predicted octanol–water partition coefficient (Wildman–Crippen LogP) is 5.57. The third-order valence-corrected chi connectivity index (χ3v) is 3.93. The SMILES string of the molecule is Nc1ccc(COc2c(Cl)cc(Cl)cc2Cl)c(Br)c1. The van der Waals surface area contributed by atoms with Crippen LogP contribution in [0.1, 0.15) is 5.56 Å². The van der Waals surface area contributed by atoms with Crippen molar-refractivity contribution < 1.29 is 4.74 Å². The molecule has 100 valence electrons. The molecule has 2 nitrogen and oxygen atoms in total. The van der Waals surface area contributed by atoms with Gasteiger partial charge in [0.15, 0.2) is 5.75 Å². The summed E-state index contributed by atoms with van der Waals surface area (Å²) in [4.78, 5) is 0. The summed E-state index contributed by atoms with van der Waals surface area (Å²) in [5.74, 6) is 0.413. The third kappa shape index (κ3) is 3.69. The number of ether oxygens (including phenoxy) is 1. The summed E-state index contributed by atoms with van der Waals surface area (Å²) >= 11 is 21.3. The van der Waals surface area contributed by atoms with E-state index in [0.717, 1.165) is 10.0 Å². The lowest BCUT2D eigenvalue weighted by Crippen LogP contribution is -1.98. The molecule has 0 unspecified atom stereocenters. The van der Waals surface area contributed by atoms with Gasteiger partial charge >= 0.3 is 0 Å². The Morgan fingerprint density at radius 1 is 1.05 bits per heavy atom. The van der Waals surface area contributed by atoms with E-state index in [0.29, 0.717) is 33.1 Å². The molecule has 0 amide bonds. The van der Waals surface area contributed by atoms with Crippen molar-refractivity contribution in [2.24, 2.45) is 0 Å². The molecule has 0 saturated heterocycles. The van der Waals surface area contributed by atoms with Gasteiger partial charge in [-0.2, -0.15) is 0 Å². The molecule has 0 aliphatic heterocycles. The van der Waals surface area contributed by atoms with E-state index < -0.39 is 0 Å². The maximum Gasteiger partial charge on any atom is 0.157 e. The van der Waals surface area contributed by atoms with Gasteiger partial charge in [-0.1, -0.05) is 56.8 Å². The van der Waals surface area contributed by atoms with Gasteiger partial charge in [-0.05, 0) is 24.3 Å². The highest BCUT2D eigenvalue weighted by molar-refractivity contribution is 9.10. The van der Waals surface area contributed by atoms with Crippen molar-refractivity contribution in [1.82, 2.24) is 0 Å². The summed E-state index contributed by atoms with van der Waals surface area (Å²) in [5.41, 5.74) is 7.29. The first-order chi connectivity index (χ1) is 8.97. The van der Waals surface area contributed by atoms with Crippen LogP contribution in [0.4, 0.5) is 5.69 Å². The van der Waals surface area contributed by atoms with Crippen LogP contribution in [0.2, 0.25) is 15.1 Å². The van der Waals surface area contributed by atoms with Gasteiger partial charge in [0.2, 0.25) is 0 Å². The fourth-order valence-corrected chi connectivity index (χ4v) is 2.93. The molecule has 2 rings (SSSR count). The van der Waals surface area contributed by atoms with Gasteiger partial charge in [0.05, 0.1) is 10.0 Å². The van der Waals surface area contributed by atoms with Crippen LogP contribution in [-0.4, -0.2) is 0 Å². The van der Waals surface area contributed by atoms with Crippen molar-refractivity contribution in [2.45, 2.75) is 6.61 Å². The van der Waals surface area contributed by atoms with Crippen molar-refractivity contribution in [3.8, 4) is 5.75 Å². The van der Waals surface area contributed by atoms with E-state index in [4.69, 9.17) is 45.3 Å². The van der Waals surface area contributed by atoms with Crippen molar-refractivity contribution in [3.05, 3.63) is 55.4 Å². The van der Waals surface area contributed by atoms with Crippen LogP contribution in [0.15, 0.2) is 34.8 Å². The summed E-state index contributed by atoms with van der Waals surface area (Å²) < 4.78 is 6.51. The topological polar surface area (TPSA) is 35.2 Å². The Bertz CT molecular complexity index is 596. The van der Waals surface area contributed by atoms with Crippen LogP contribution < -0.4 is 10.5 Å². The zero-order valence-corrected chi connectivity index (χ0v) is 13.4. The minimum atomic E-state index is 0.321. The van der Waals surface area contributed by atoms with Crippen molar-refractivity contribution in [2.75, 3.05) is 5.73 Å². The van der Waals surface area contributed by atoms with E-state index >= 15 is 0 Å². The Morgan fingerprint density at radius 2 is 1.68 bits per heavy atom. The highest BCUT2D eigenvalue weighted by atomic mass is 79.9. The fourth-order valence-electron chi connectivity index (χ4n) is 1.50. The molecule has 2 N–H and O–H groups in total. The van der Waals surface area contributed by atoms with E-state index in [-0.39, 0.29) is 0 Å². The first-order valence-electron chi connectivity index (χ1n) is 5.28. The maximum absolute atomic E-state index is 6.04. The Hall–Kier alpha value is -0.610. The number of nitrogens with two attached hydrogens (primary N) is 1. The molecular weight excluding hydrogens is 372 g/mol. The third-order valence-electron chi connectivity index (χ3n) is 2.41. The molecule has 0 atom stereocenters. The molecule has 0 radical (unpaired) electrons. The molecule has 19 heavy (non-hydrogen) atoms. The number of anilines is 1. The van der Waals surface area contributed by atoms with Crippen LogP contribution in [0.3, 0.4) is 0 Å². The molecule has 6 heteroatoms. The van der Waals surface area contributed by atoms with Crippen LogP contribution in [0.25, 0.3) is 0 Å². The van der Waals surface area contributed by atoms with Gasteiger partial charge in [-0.3, -0.25) is 0 Å². The van der Waals surface area contributed by atoms with E-state index in [1.165, 1.54) is 0 Å². The van der Waals surface area contributed by atoms with Gasteiger partial charge in [-0.15, -0.1) is 0 Å². The molecule has 0 saturated carbocycles. The average molecular weight is 381 g/mol. The fraction of sp³-hybridized carbons (Fsp3) is 0.0769. The molecule has 0 aliphatic carbocycles. The number of benzene rings is 2. The van der Waals surface area contributed by atoms with E-state index in [2.05, 4.69) is 15.9 Å². The lowest BCUT2D eigenvalue weighted by molar-refractivity contribution is 0.306. The standard InChI is InChI=1S/C13H9BrCl3NO/c14-10-5-9(18)2-1-7(10)6-19-13-11(16)3-8(15)4-12(13)17/h1-5H,6,18H2. The molecule has 0 heterocycles. The Kier molecular flexibility index (Phi) is 4.85. The molecule has 2 aromatic rings. The second kappa shape index (κ2) is 6.23. The Balaban J connectivity index is 2.19. The monoisotopic (exact) mass is 379 g/mol. The lowest BCUT2D eigenvalue weighted by Gasteiger charge is -2.11. The zero-order valence-electron chi connectivity index (χ0n) is 9.59. The number of nitrogen functional groups attached to an aromatic ring is 1. The second-order valence-electron chi connectivity index (χ2n) is 3.84. The largest absolute Gasteiger partial charge is 0.486 e. The molecule has 0 aromatic heterocycles. The summed E-state index contributed by atoms with van der Waals surface area (Å²) in [5, 5.41) is 1.23. The lowest BCUT2D eigenvalue weighted by atomic mass is 10.2. The highest BCUT2D eigenvalue weighted by Gasteiger charge is 2.10. The van der Waals surface area contributed by atoms with Gasteiger partial charge in [-0.25, -0.2) is 0 Å². The van der Waals surface area contributed by atoms with Gasteiger partial charge in [0.1, 0.15) is 6.61 Å². The van der Waals surface area contributed by atoms with Gasteiger partial charge in [0.25, 0.3) is 0 Å². The van der Waals surface area contributed by atoms with Crippen LogP contribution in [0.5, 0.6) is 5.75 Å². The van der Waals surface area contributed by atoms with E-state index in [9.17, 15) is 0 Å². The van der Waals surface area contributed by atoms with Gasteiger partial charge < -0.3 is 10.5 Å². The van der Waals surface area contributed by atoms with Crippen LogP contribution in [-0.2, 0) is 6.61 Å². The Labute approximate surface area is 134 Å². The zero-order chi connectivity index (χ0) is 14.0. The molecule has 0 spiro atoms. The van der Waals surface area contributed by atoms with Gasteiger partial charge in [0, 0.05) is 20.7 Å². The molecule has 0 fully saturated rings. The molecular formula is C13H9BrCl3NO. The molecule has 0 aliphatic rings. The van der Waals surface area contributed by atoms with Crippen molar-refractivity contribution in [3.63, 3.8) is 0 Å². The quantitative estimate of drug-likeness (QED) is 0.706. The van der Waals surface area contributed by atoms with E-state index in [1.807, 2.05) is 12.1 Å². The number of hydrogen-bond acceptors (Lipinski definition) is 2. The summed E-state index contributed by atoms with van der Waals surface area (Å²) in [6.45, 7) is 0.321. The first kappa shape index (κ1) is 14.8. The van der Waals surface area contributed by atoms with Crippen LogP contribution >= 0.6 is 50.7 Å². The maximum atomic E-state index is 6.04. The second-order valence-corrected chi connectivity index (χ2v) is 5.94. The number of hydrogen-bond donors (Lipinski definition) is 1. The minimum absolute atomic E-state index is 0.321. The minimum Gasteiger partial charge on any atom is -0.486 e. The highest BCUT2D eigenvalue weighted by Crippen LogP contribution is 2.36. The van der Waals surface area contributed by atoms with Crippen molar-refractivity contribution in [1.29, 1.82) is 0 Å².